The molecule has 1 N–H and O–H groups in total. The minimum absolute atomic E-state index is 0.0939. The van der Waals surface area contributed by atoms with Crippen molar-refractivity contribution in [2.45, 2.75) is 13.8 Å². The molecule has 0 aliphatic carbocycles. The molecule has 0 radical (unpaired) electrons. The van der Waals surface area contributed by atoms with Gasteiger partial charge in [0.25, 0.3) is 0 Å². The van der Waals surface area contributed by atoms with Gasteiger partial charge in [-0.3, -0.25) is 9.10 Å². The summed E-state index contributed by atoms with van der Waals surface area (Å²) in [6, 6.07) is 9.57. The molecule has 0 spiro atoms. The first-order chi connectivity index (χ1) is 13.0. The number of esters is 1. The van der Waals surface area contributed by atoms with Crippen molar-refractivity contribution in [2.24, 2.45) is 0 Å². The van der Waals surface area contributed by atoms with Crippen LogP contribution in [0.25, 0.3) is 0 Å². The topological polar surface area (TPSA) is 92.8 Å². The lowest BCUT2D eigenvalue weighted by Crippen LogP contribution is -2.38. The van der Waals surface area contributed by atoms with Crippen LogP contribution in [-0.4, -0.2) is 40.2 Å². The molecule has 0 atom stereocenters. The third-order valence-electron chi connectivity index (χ3n) is 4.19. The zero-order chi connectivity index (χ0) is 21.1. The van der Waals surface area contributed by atoms with E-state index in [-0.39, 0.29) is 10.6 Å². The average Bonchev–Trinajstić information content (AvgIpc) is 2.62. The van der Waals surface area contributed by atoms with E-state index in [2.05, 4.69) is 10.1 Å². The second kappa shape index (κ2) is 8.62. The molecule has 0 unspecified atom stereocenters. The number of nitrogens with zero attached hydrogens (tertiary/aromatic N) is 1. The van der Waals surface area contributed by atoms with Crippen LogP contribution in [-0.2, 0) is 19.6 Å². The molecule has 0 aromatic heterocycles. The summed E-state index contributed by atoms with van der Waals surface area (Å²) >= 11 is 5.96. The van der Waals surface area contributed by atoms with Crippen LogP contribution in [0, 0.1) is 13.8 Å². The molecule has 28 heavy (non-hydrogen) atoms. The maximum atomic E-state index is 12.5. The van der Waals surface area contributed by atoms with Crippen LogP contribution in [0.3, 0.4) is 0 Å². The Bertz CT molecular complexity index is 1020. The van der Waals surface area contributed by atoms with Gasteiger partial charge in [-0.05, 0) is 49.2 Å². The Morgan fingerprint density at radius 1 is 1.18 bits per heavy atom. The molecule has 0 aliphatic rings. The Morgan fingerprint density at radius 3 is 2.46 bits per heavy atom. The molecule has 150 valence electrons. The van der Waals surface area contributed by atoms with E-state index in [1.807, 2.05) is 13.0 Å². The fraction of sp³-hybridized carbons (Fsp3) is 0.263. The molecule has 9 heteroatoms. The molecule has 2 aromatic rings. The van der Waals surface area contributed by atoms with Gasteiger partial charge in [0.05, 0.1) is 29.6 Å². The zero-order valence-electron chi connectivity index (χ0n) is 15.9. The molecular weight excluding hydrogens is 404 g/mol. The number of aryl methyl sites for hydroxylation is 1. The van der Waals surface area contributed by atoms with Crippen LogP contribution >= 0.6 is 11.6 Å². The number of benzene rings is 2. The molecular formula is C19H21ClN2O5S. The zero-order valence-corrected chi connectivity index (χ0v) is 17.5. The van der Waals surface area contributed by atoms with E-state index in [4.69, 9.17) is 11.6 Å². The summed E-state index contributed by atoms with van der Waals surface area (Å²) in [6.07, 6.45) is 1.04. The Balaban J connectivity index is 2.29. The van der Waals surface area contributed by atoms with Gasteiger partial charge >= 0.3 is 5.97 Å². The number of sulfonamides is 1. The summed E-state index contributed by atoms with van der Waals surface area (Å²) in [5.41, 5.74) is 2.50. The fourth-order valence-corrected chi connectivity index (χ4v) is 3.69. The molecule has 0 bridgehead atoms. The highest BCUT2D eigenvalue weighted by atomic mass is 35.5. The second-order valence-corrected chi connectivity index (χ2v) is 8.54. The Hall–Kier alpha value is -2.58. The van der Waals surface area contributed by atoms with Crippen LogP contribution < -0.4 is 9.62 Å². The monoisotopic (exact) mass is 424 g/mol. The SMILES string of the molecule is COC(=O)c1cc(NC(=O)CN(c2cccc(C)c2C)S(C)(=O)=O)ccc1Cl. The van der Waals surface area contributed by atoms with E-state index in [9.17, 15) is 18.0 Å². The summed E-state index contributed by atoms with van der Waals surface area (Å²) in [5, 5.41) is 2.76. The van der Waals surface area contributed by atoms with Crippen molar-refractivity contribution in [3.05, 3.63) is 58.1 Å². The summed E-state index contributed by atoms with van der Waals surface area (Å²) in [5.74, 6) is -1.21. The number of amides is 1. The Morgan fingerprint density at radius 2 is 1.86 bits per heavy atom. The van der Waals surface area contributed by atoms with Gasteiger partial charge in [0.2, 0.25) is 15.9 Å². The molecule has 1 amide bonds. The highest BCUT2D eigenvalue weighted by Crippen LogP contribution is 2.25. The van der Waals surface area contributed by atoms with E-state index < -0.39 is 28.4 Å². The van der Waals surface area contributed by atoms with E-state index in [0.29, 0.717) is 11.4 Å². The summed E-state index contributed by atoms with van der Waals surface area (Å²) in [7, 11) is -2.48. The molecule has 0 fully saturated rings. The van der Waals surface area contributed by atoms with Gasteiger partial charge < -0.3 is 10.1 Å². The van der Waals surface area contributed by atoms with E-state index >= 15 is 0 Å². The van der Waals surface area contributed by atoms with Crippen LogP contribution in [0.1, 0.15) is 21.5 Å². The predicted molar refractivity (Wildman–Crippen MR) is 110 cm³/mol. The van der Waals surface area contributed by atoms with Gasteiger partial charge in [0, 0.05) is 5.69 Å². The number of anilines is 2. The maximum Gasteiger partial charge on any atom is 0.339 e. The first-order valence-electron chi connectivity index (χ1n) is 8.26. The summed E-state index contributed by atoms with van der Waals surface area (Å²) < 4.78 is 30.2. The largest absolute Gasteiger partial charge is 0.465 e. The lowest BCUT2D eigenvalue weighted by molar-refractivity contribution is -0.114. The number of halogens is 1. The molecule has 0 saturated carbocycles. The van der Waals surface area contributed by atoms with Crippen molar-refractivity contribution < 1.29 is 22.7 Å². The molecule has 2 aromatic carbocycles. The maximum absolute atomic E-state index is 12.5. The normalized spacial score (nSPS) is 11.0. The third-order valence-corrected chi connectivity index (χ3v) is 5.64. The minimum Gasteiger partial charge on any atom is -0.465 e. The first kappa shape index (κ1) is 21.7. The number of carbonyl (C=O) groups is 2. The summed E-state index contributed by atoms with van der Waals surface area (Å²) in [6.45, 7) is 3.24. The Kier molecular flexibility index (Phi) is 6.69. The predicted octanol–water partition coefficient (Wildman–Crippen LogP) is 3.15. The lowest BCUT2D eigenvalue weighted by atomic mass is 10.1. The molecule has 7 nitrogen and oxygen atoms in total. The molecule has 0 saturated heterocycles. The van der Waals surface area contributed by atoms with Crippen molar-refractivity contribution in [1.29, 1.82) is 0 Å². The van der Waals surface area contributed by atoms with Gasteiger partial charge in [-0.1, -0.05) is 23.7 Å². The van der Waals surface area contributed by atoms with E-state index in [1.54, 1.807) is 19.1 Å². The number of rotatable bonds is 6. The molecule has 2 rings (SSSR count). The molecule has 0 heterocycles. The van der Waals surface area contributed by atoms with Crippen molar-refractivity contribution in [1.82, 2.24) is 0 Å². The van der Waals surface area contributed by atoms with Crippen LogP contribution in [0.5, 0.6) is 0 Å². The fourth-order valence-electron chi connectivity index (χ4n) is 2.59. The minimum atomic E-state index is -3.70. The highest BCUT2D eigenvalue weighted by molar-refractivity contribution is 7.92. The van der Waals surface area contributed by atoms with Crippen molar-refractivity contribution in [2.75, 3.05) is 29.5 Å². The van der Waals surface area contributed by atoms with Gasteiger partial charge in [-0.2, -0.15) is 0 Å². The average molecular weight is 425 g/mol. The van der Waals surface area contributed by atoms with Crippen LogP contribution in [0.15, 0.2) is 36.4 Å². The quantitative estimate of drug-likeness (QED) is 0.719. The van der Waals surface area contributed by atoms with Gasteiger partial charge in [-0.15, -0.1) is 0 Å². The van der Waals surface area contributed by atoms with E-state index in [0.717, 1.165) is 21.7 Å². The van der Waals surface area contributed by atoms with Gasteiger partial charge in [0.1, 0.15) is 6.54 Å². The van der Waals surface area contributed by atoms with Crippen molar-refractivity contribution in [3.63, 3.8) is 0 Å². The smallest absolute Gasteiger partial charge is 0.339 e. The Labute approximate surface area is 169 Å². The number of ether oxygens (including phenoxy) is 1. The highest BCUT2D eigenvalue weighted by Gasteiger charge is 2.23. The number of carbonyl (C=O) groups excluding carboxylic acids is 2. The third kappa shape index (κ3) is 5.02. The molecule has 0 aliphatic heterocycles. The number of hydrogen-bond donors (Lipinski definition) is 1. The summed E-state index contributed by atoms with van der Waals surface area (Å²) in [4.78, 5) is 24.2. The number of nitrogens with one attached hydrogen (secondary N) is 1. The van der Waals surface area contributed by atoms with E-state index in [1.165, 1.54) is 25.3 Å². The van der Waals surface area contributed by atoms with Crippen LogP contribution in [0.4, 0.5) is 11.4 Å². The van der Waals surface area contributed by atoms with Crippen molar-refractivity contribution in [3.8, 4) is 0 Å². The van der Waals surface area contributed by atoms with Gasteiger partial charge in [0.15, 0.2) is 0 Å². The number of hydrogen-bond acceptors (Lipinski definition) is 5. The second-order valence-electron chi connectivity index (χ2n) is 6.22. The van der Waals surface area contributed by atoms with Crippen molar-refractivity contribution >= 4 is 44.9 Å². The van der Waals surface area contributed by atoms with Crippen LogP contribution in [0.2, 0.25) is 5.02 Å². The van der Waals surface area contributed by atoms with Gasteiger partial charge in [-0.25, -0.2) is 13.2 Å². The standard InChI is InChI=1S/C19H21ClN2O5S/c1-12-6-5-7-17(13(12)2)22(28(4,25)26)11-18(23)21-14-8-9-16(20)15(10-14)19(24)27-3/h5-10H,11H2,1-4H3,(H,21,23). The lowest BCUT2D eigenvalue weighted by Gasteiger charge is -2.24. The first-order valence-corrected chi connectivity index (χ1v) is 10.5. The number of methoxy groups -OCH3 is 1.